The van der Waals surface area contributed by atoms with Gasteiger partial charge in [0, 0.05) is 12.7 Å². The molecule has 0 aliphatic carbocycles. The van der Waals surface area contributed by atoms with Gasteiger partial charge >= 0.3 is 0 Å². The lowest BCUT2D eigenvalue weighted by Crippen LogP contribution is -2.40. The summed E-state index contributed by atoms with van der Waals surface area (Å²) < 4.78 is 0. The van der Waals surface area contributed by atoms with Crippen LogP contribution in [0.4, 0.5) is 0 Å². The van der Waals surface area contributed by atoms with Gasteiger partial charge in [-0.1, -0.05) is 24.3 Å². The van der Waals surface area contributed by atoms with Crippen LogP contribution in [0, 0.1) is 13.8 Å². The number of carbonyl (C=O) groups is 2. The van der Waals surface area contributed by atoms with E-state index in [1.165, 1.54) is 16.7 Å². The molecule has 0 bridgehead atoms. The highest BCUT2D eigenvalue weighted by Gasteiger charge is 2.30. The number of likely N-dealkylation sites (tertiary alicyclic amines) is 1. The first-order valence-corrected chi connectivity index (χ1v) is 8.62. The summed E-state index contributed by atoms with van der Waals surface area (Å²) in [6.45, 7) is 4.91. The minimum absolute atomic E-state index is 0.00322. The maximum absolute atomic E-state index is 12.6. The number of hydrogen-bond acceptors (Lipinski definition) is 3. The van der Waals surface area contributed by atoms with Crippen LogP contribution in [0.1, 0.15) is 46.1 Å². The van der Waals surface area contributed by atoms with Crippen LogP contribution in [0.3, 0.4) is 0 Å². The molecule has 3 rings (SSSR count). The van der Waals surface area contributed by atoms with Crippen molar-refractivity contribution in [3.8, 4) is 0 Å². The van der Waals surface area contributed by atoms with Gasteiger partial charge in [-0.3, -0.25) is 14.6 Å². The SMILES string of the molecule is Cc1ccc([C@H]2CCCN2C(=O)CNC(=O)c2ccccn2)cc1C. The molecule has 5 nitrogen and oxygen atoms in total. The van der Waals surface area contributed by atoms with Gasteiger partial charge < -0.3 is 10.2 Å². The lowest BCUT2D eigenvalue weighted by Gasteiger charge is -2.25. The van der Waals surface area contributed by atoms with Crippen LogP contribution in [0.25, 0.3) is 0 Å². The molecule has 1 aromatic carbocycles. The van der Waals surface area contributed by atoms with E-state index < -0.39 is 0 Å². The van der Waals surface area contributed by atoms with Crippen molar-refractivity contribution in [1.82, 2.24) is 15.2 Å². The number of hydrogen-bond donors (Lipinski definition) is 1. The second kappa shape index (κ2) is 7.47. The van der Waals surface area contributed by atoms with Crippen LogP contribution in [0.5, 0.6) is 0 Å². The number of nitrogens with zero attached hydrogens (tertiary/aromatic N) is 2. The van der Waals surface area contributed by atoms with Gasteiger partial charge in [-0.2, -0.15) is 0 Å². The Morgan fingerprint density at radius 1 is 1.20 bits per heavy atom. The Hall–Kier alpha value is -2.69. The largest absolute Gasteiger partial charge is 0.342 e. The molecule has 130 valence electrons. The third kappa shape index (κ3) is 3.87. The number of rotatable bonds is 4. The molecule has 1 aliphatic heterocycles. The quantitative estimate of drug-likeness (QED) is 0.933. The molecule has 1 aliphatic rings. The fourth-order valence-corrected chi connectivity index (χ4v) is 3.23. The molecule has 2 amide bonds. The number of amides is 2. The first-order chi connectivity index (χ1) is 12.1. The molecule has 5 heteroatoms. The molecule has 1 N–H and O–H groups in total. The molecular formula is C20H23N3O2. The van der Waals surface area contributed by atoms with Gasteiger partial charge in [0.15, 0.2) is 0 Å². The van der Waals surface area contributed by atoms with Crippen LogP contribution >= 0.6 is 0 Å². The van der Waals surface area contributed by atoms with Gasteiger partial charge in [-0.25, -0.2) is 0 Å². The lowest BCUT2D eigenvalue weighted by molar-refractivity contribution is -0.131. The van der Waals surface area contributed by atoms with Crippen molar-refractivity contribution in [2.75, 3.05) is 13.1 Å². The second-order valence-corrected chi connectivity index (χ2v) is 6.49. The summed E-state index contributed by atoms with van der Waals surface area (Å²) in [5.41, 5.74) is 3.98. The molecule has 0 saturated carbocycles. The molecule has 2 heterocycles. The van der Waals surface area contributed by atoms with Crippen molar-refractivity contribution in [2.45, 2.75) is 32.7 Å². The summed E-state index contributed by atoms with van der Waals surface area (Å²) in [5.74, 6) is -0.374. The molecule has 1 saturated heterocycles. The van der Waals surface area contributed by atoms with E-state index in [9.17, 15) is 9.59 Å². The van der Waals surface area contributed by atoms with Gasteiger partial charge in [0.25, 0.3) is 5.91 Å². The molecule has 2 aromatic rings. The van der Waals surface area contributed by atoms with Crippen LogP contribution in [0.2, 0.25) is 0 Å². The third-order valence-electron chi connectivity index (χ3n) is 4.79. The van der Waals surface area contributed by atoms with Crippen LogP contribution in [-0.4, -0.2) is 34.8 Å². The summed E-state index contributed by atoms with van der Waals surface area (Å²) in [7, 11) is 0. The third-order valence-corrected chi connectivity index (χ3v) is 4.79. The van der Waals surface area contributed by atoms with Crippen molar-refractivity contribution in [3.63, 3.8) is 0 Å². The van der Waals surface area contributed by atoms with Crippen LogP contribution in [0.15, 0.2) is 42.6 Å². The minimum atomic E-state index is -0.323. The van der Waals surface area contributed by atoms with E-state index in [0.29, 0.717) is 5.69 Å². The zero-order valence-corrected chi connectivity index (χ0v) is 14.7. The molecule has 0 spiro atoms. The predicted octanol–water partition coefficient (Wildman–Crippen LogP) is 2.79. The fraction of sp³-hybridized carbons (Fsp3) is 0.350. The van der Waals surface area contributed by atoms with Crippen molar-refractivity contribution in [1.29, 1.82) is 0 Å². The van der Waals surface area contributed by atoms with Gasteiger partial charge in [0.2, 0.25) is 5.91 Å². The lowest BCUT2D eigenvalue weighted by atomic mass is 9.99. The number of benzene rings is 1. The molecule has 25 heavy (non-hydrogen) atoms. The Labute approximate surface area is 148 Å². The van der Waals surface area contributed by atoms with Crippen LogP contribution < -0.4 is 5.32 Å². The van der Waals surface area contributed by atoms with Crippen molar-refractivity contribution < 1.29 is 9.59 Å². The molecule has 1 aromatic heterocycles. The summed E-state index contributed by atoms with van der Waals surface area (Å²) in [5, 5.41) is 2.68. The highest BCUT2D eigenvalue weighted by atomic mass is 16.2. The summed E-state index contributed by atoms with van der Waals surface area (Å²) in [6.07, 6.45) is 3.51. The van der Waals surface area contributed by atoms with E-state index in [2.05, 4.69) is 42.3 Å². The van der Waals surface area contributed by atoms with E-state index in [-0.39, 0.29) is 24.4 Å². The maximum Gasteiger partial charge on any atom is 0.270 e. The predicted molar refractivity (Wildman–Crippen MR) is 96.2 cm³/mol. The fourth-order valence-electron chi connectivity index (χ4n) is 3.23. The maximum atomic E-state index is 12.6. The van der Waals surface area contributed by atoms with E-state index >= 15 is 0 Å². The molecule has 0 unspecified atom stereocenters. The van der Waals surface area contributed by atoms with Gasteiger partial charge in [-0.15, -0.1) is 0 Å². The normalized spacial score (nSPS) is 16.7. The second-order valence-electron chi connectivity index (χ2n) is 6.49. The monoisotopic (exact) mass is 337 g/mol. The Morgan fingerprint density at radius 3 is 2.76 bits per heavy atom. The summed E-state index contributed by atoms with van der Waals surface area (Å²) >= 11 is 0. The first-order valence-electron chi connectivity index (χ1n) is 8.62. The Kier molecular flexibility index (Phi) is 5.12. The highest BCUT2D eigenvalue weighted by Crippen LogP contribution is 2.32. The zero-order chi connectivity index (χ0) is 17.8. The van der Waals surface area contributed by atoms with Crippen molar-refractivity contribution in [2.24, 2.45) is 0 Å². The molecule has 1 fully saturated rings. The highest BCUT2D eigenvalue weighted by molar-refractivity contribution is 5.94. The topological polar surface area (TPSA) is 62.3 Å². The summed E-state index contributed by atoms with van der Waals surface area (Å²) in [4.78, 5) is 30.5. The number of aryl methyl sites for hydroxylation is 2. The van der Waals surface area contributed by atoms with E-state index in [4.69, 9.17) is 0 Å². The Morgan fingerprint density at radius 2 is 2.04 bits per heavy atom. The van der Waals surface area contributed by atoms with Crippen molar-refractivity contribution in [3.05, 3.63) is 65.0 Å². The first kappa shape index (κ1) is 17.1. The van der Waals surface area contributed by atoms with E-state index in [1.807, 2.05) is 4.90 Å². The average Bonchev–Trinajstić information content (AvgIpc) is 3.12. The number of pyridine rings is 1. The molecule has 0 radical (unpaired) electrons. The number of carbonyl (C=O) groups excluding carboxylic acids is 2. The average molecular weight is 337 g/mol. The Bertz CT molecular complexity index is 774. The van der Waals surface area contributed by atoms with Crippen LogP contribution in [-0.2, 0) is 4.79 Å². The number of nitrogens with one attached hydrogen (secondary N) is 1. The van der Waals surface area contributed by atoms with E-state index in [1.54, 1.807) is 24.4 Å². The van der Waals surface area contributed by atoms with Gasteiger partial charge in [-0.05, 0) is 55.5 Å². The van der Waals surface area contributed by atoms with Gasteiger partial charge in [0.1, 0.15) is 5.69 Å². The zero-order valence-electron chi connectivity index (χ0n) is 14.7. The van der Waals surface area contributed by atoms with Crippen molar-refractivity contribution >= 4 is 11.8 Å². The number of aromatic nitrogens is 1. The summed E-state index contributed by atoms with van der Waals surface area (Å²) in [6, 6.07) is 11.6. The minimum Gasteiger partial charge on any atom is -0.342 e. The Balaban J connectivity index is 1.64. The van der Waals surface area contributed by atoms with E-state index in [0.717, 1.165) is 19.4 Å². The van der Waals surface area contributed by atoms with Gasteiger partial charge in [0.05, 0.1) is 12.6 Å². The smallest absolute Gasteiger partial charge is 0.270 e. The standard InChI is InChI=1S/C20H23N3O2/c1-14-8-9-16(12-15(14)2)18-7-5-11-23(18)19(24)13-22-20(25)17-6-3-4-10-21-17/h3-4,6,8-10,12,18H,5,7,11,13H2,1-2H3,(H,22,25)/t18-/m1/s1. The molecule has 1 atom stereocenters. The molecular weight excluding hydrogens is 314 g/mol.